The largest absolute Gasteiger partial charge is 0.300 e. The van der Waals surface area contributed by atoms with Gasteiger partial charge in [0.2, 0.25) is 0 Å². The molecule has 0 N–H and O–H groups in total. The molecule has 15 atom stereocenters. The topological polar surface area (TPSA) is 6.48 Å². The standard InChI is InChI=1S/C45H62N2/c1-27-16-25-39-37(26-27)43-41(33-11-5-7-13-35(33)45(43)47(39)3)31-23-19-29(20-24-31)28-17-21-30(22-18-28)40-32-10-4-6-12-34(32)44-42(40)36-14-8-9-15-38(36)46(44)2/h17-24,27,32-45H,4-16,25-26H2,1-3H3. The molecule has 6 aliphatic carbocycles. The van der Waals surface area contributed by atoms with Crippen molar-refractivity contribution in [3.8, 4) is 11.1 Å². The molecule has 0 aromatic heterocycles. The summed E-state index contributed by atoms with van der Waals surface area (Å²) in [7, 11) is 5.05. The highest BCUT2D eigenvalue weighted by Crippen LogP contribution is 2.64. The van der Waals surface area contributed by atoms with E-state index in [9.17, 15) is 0 Å². The Hall–Kier alpha value is -1.64. The molecule has 252 valence electrons. The molecule has 8 fully saturated rings. The number of likely N-dealkylation sites (tertiary alicyclic amines) is 2. The Morgan fingerprint density at radius 3 is 1.40 bits per heavy atom. The van der Waals surface area contributed by atoms with Crippen molar-refractivity contribution < 1.29 is 0 Å². The van der Waals surface area contributed by atoms with E-state index in [1.807, 2.05) is 0 Å². The Bertz CT molecular complexity index is 1430. The molecule has 2 heterocycles. The van der Waals surface area contributed by atoms with Crippen LogP contribution in [0, 0.1) is 53.3 Å². The molecule has 15 unspecified atom stereocenters. The summed E-state index contributed by atoms with van der Waals surface area (Å²) in [5, 5.41) is 0. The Kier molecular flexibility index (Phi) is 7.53. The Labute approximate surface area is 286 Å². The maximum atomic E-state index is 2.93. The molecule has 2 aliphatic heterocycles. The molecule has 0 bridgehead atoms. The second-order valence-corrected chi connectivity index (χ2v) is 18.7. The van der Waals surface area contributed by atoms with E-state index < -0.39 is 0 Å². The first-order valence-electron chi connectivity index (χ1n) is 20.7. The lowest BCUT2D eigenvalue weighted by atomic mass is 9.68. The molecule has 0 radical (unpaired) electrons. The van der Waals surface area contributed by atoms with Crippen LogP contribution in [0.1, 0.15) is 126 Å². The van der Waals surface area contributed by atoms with Gasteiger partial charge in [0, 0.05) is 24.2 Å². The highest BCUT2D eigenvalue weighted by molar-refractivity contribution is 5.64. The lowest BCUT2D eigenvalue weighted by Crippen LogP contribution is -2.41. The number of nitrogens with zero attached hydrogens (tertiary/aromatic N) is 2. The Morgan fingerprint density at radius 2 is 0.872 bits per heavy atom. The zero-order valence-corrected chi connectivity index (χ0v) is 29.8. The van der Waals surface area contributed by atoms with Crippen LogP contribution in [0.5, 0.6) is 0 Å². The van der Waals surface area contributed by atoms with E-state index in [2.05, 4.69) is 79.3 Å². The highest BCUT2D eigenvalue weighted by Gasteiger charge is 2.62. The lowest BCUT2D eigenvalue weighted by molar-refractivity contribution is 0.105. The first-order valence-corrected chi connectivity index (χ1v) is 20.7. The normalized spacial score (nSPS) is 47.5. The SMILES string of the molecule is CC1CCC2C(C1)C1C(c3ccc(-c4ccc(C5C6CCCCC6C6C5C5CCCCC5N6C)cc4)cc3)C3CCCCC3C1N2C. The molecular formula is C45H62N2. The molecule has 2 heteroatoms. The van der Waals surface area contributed by atoms with E-state index in [0.717, 1.165) is 89.3 Å². The molecule has 6 saturated carbocycles. The van der Waals surface area contributed by atoms with Crippen LogP contribution in [0.2, 0.25) is 0 Å². The predicted molar refractivity (Wildman–Crippen MR) is 194 cm³/mol. The minimum absolute atomic E-state index is 0.774. The molecule has 2 nitrogen and oxygen atoms in total. The third kappa shape index (κ3) is 4.54. The number of fused-ring (bicyclic) bond motifs is 10. The number of benzene rings is 2. The van der Waals surface area contributed by atoms with Crippen molar-refractivity contribution >= 4 is 0 Å². The van der Waals surface area contributed by atoms with Crippen LogP contribution >= 0.6 is 0 Å². The van der Waals surface area contributed by atoms with Gasteiger partial charge in [-0.25, -0.2) is 0 Å². The van der Waals surface area contributed by atoms with Gasteiger partial charge in [-0.3, -0.25) is 9.80 Å². The number of hydrogen-bond acceptors (Lipinski definition) is 2. The smallest absolute Gasteiger partial charge is 0.0164 e. The molecule has 2 aromatic rings. The van der Waals surface area contributed by atoms with Gasteiger partial charge in [-0.1, -0.05) is 94.0 Å². The summed E-state index contributed by atoms with van der Waals surface area (Å²) in [6.45, 7) is 2.54. The fourth-order valence-electron chi connectivity index (χ4n) is 15.5. The number of hydrogen-bond donors (Lipinski definition) is 0. The van der Waals surface area contributed by atoms with E-state index in [1.54, 1.807) is 11.1 Å². The molecule has 8 aliphatic rings. The summed E-state index contributed by atoms with van der Waals surface area (Å²) in [6.07, 6.45) is 22.0. The zero-order valence-electron chi connectivity index (χ0n) is 29.8. The fraction of sp³-hybridized carbons (Fsp3) is 0.733. The van der Waals surface area contributed by atoms with Crippen molar-refractivity contribution in [3.05, 3.63) is 59.7 Å². The molecule has 0 amide bonds. The highest BCUT2D eigenvalue weighted by atomic mass is 15.2. The molecule has 2 saturated heterocycles. The van der Waals surface area contributed by atoms with E-state index >= 15 is 0 Å². The second-order valence-electron chi connectivity index (χ2n) is 18.7. The van der Waals surface area contributed by atoms with Gasteiger partial charge in [0.15, 0.2) is 0 Å². The minimum Gasteiger partial charge on any atom is -0.300 e. The summed E-state index contributed by atoms with van der Waals surface area (Å²) in [5.41, 5.74) is 6.21. The van der Waals surface area contributed by atoms with Gasteiger partial charge in [-0.05, 0) is 159 Å². The maximum absolute atomic E-state index is 2.93. The molecule has 47 heavy (non-hydrogen) atoms. The molecule has 10 rings (SSSR count). The predicted octanol–water partition coefficient (Wildman–Crippen LogP) is 10.4. The maximum Gasteiger partial charge on any atom is 0.0164 e. The van der Waals surface area contributed by atoms with Gasteiger partial charge in [0.25, 0.3) is 0 Å². The van der Waals surface area contributed by atoms with Crippen molar-refractivity contribution in [1.82, 2.24) is 9.80 Å². The fourth-order valence-corrected chi connectivity index (χ4v) is 15.5. The lowest BCUT2D eigenvalue weighted by Gasteiger charge is -2.40. The van der Waals surface area contributed by atoms with E-state index in [0.29, 0.717) is 0 Å². The van der Waals surface area contributed by atoms with Gasteiger partial charge >= 0.3 is 0 Å². The molecular weight excluding hydrogens is 569 g/mol. The summed E-state index contributed by atoms with van der Waals surface area (Å²) in [4.78, 5) is 5.86. The average Bonchev–Trinajstić information content (AvgIpc) is 3.81. The third-order valence-electron chi connectivity index (χ3n) is 17.0. The van der Waals surface area contributed by atoms with Crippen molar-refractivity contribution in [3.63, 3.8) is 0 Å². The number of rotatable bonds is 3. The molecule has 2 aromatic carbocycles. The van der Waals surface area contributed by atoms with Crippen molar-refractivity contribution in [2.24, 2.45) is 53.3 Å². The van der Waals surface area contributed by atoms with Gasteiger partial charge in [0.05, 0.1) is 0 Å². The first-order chi connectivity index (χ1) is 23.1. The second kappa shape index (κ2) is 11.7. The van der Waals surface area contributed by atoms with Gasteiger partial charge in [-0.2, -0.15) is 0 Å². The van der Waals surface area contributed by atoms with Crippen molar-refractivity contribution in [1.29, 1.82) is 0 Å². The molecule has 0 spiro atoms. The van der Waals surface area contributed by atoms with Crippen LogP contribution in [0.4, 0.5) is 0 Å². The first kappa shape index (κ1) is 30.2. The van der Waals surface area contributed by atoms with Crippen LogP contribution in [0.15, 0.2) is 48.5 Å². The van der Waals surface area contributed by atoms with Crippen LogP contribution in [-0.4, -0.2) is 48.1 Å². The van der Waals surface area contributed by atoms with Crippen LogP contribution < -0.4 is 0 Å². The van der Waals surface area contributed by atoms with Crippen molar-refractivity contribution in [2.45, 2.75) is 139 Å². The average molecular weight is 631 g/mol. The van der Waals surface area contributed by atoms with E-state index in [-0.39, 0.29) is 0 Å². The monoisotopic (exact) mass is 630 g/mol. The Balaban J connectivity index is 0.930. The van der Waals surface area contributed by atoms with Gasteiger partial charge in [-0.15, -0.1) is 0 Å². The Morgan fingerprint density at radius 1 is 0.447 bits per heavy atom. The summed E-state index contributed by atoms with van der Waals surface area (Å²) in [5.74, 6) is 9.78. The van der Waals surface area contributed by atoms with E-state index in [1.165, 1.54) is 107 Å². The summed E-state index contributed by atoms with van der Waals surface area (Å²) >= 11 is 0. The summed E-state index contributed by atoms with van der Waals surface area (Å²) < 4.78 is 0. The third-order valence-corrected chi connectivity index (χ3v) is 17.0. The van der Waals surface area contributed by atoms with Crippen LogP contribution in [0.25, 0.3) is 11.1 Å². The van der Waals surface area contributed by atoms with Crippen LogP contribution in [-0.2, 0) is 0 Å². The summed E-state index contributed by atoms with van der Waals surface area (Å²) in [6, 6.07) is 23.8. The van der Waals surface area contributed by atoms with Gasteiger partial charge in [0.1, 0.15) is 0 Å². The quantitative estimate of drug-likeness (QED) is 0.333. The van der Waals surface area contributed by atoms with E-state index in [4.69, 9.17) is 0 Å². The zero-order chi connectivity index (χ0) is 31.4. The van der Waals surface area contributed by atoms with Crippen molar-refractivity contribution in [2.75, 3.05) is 14.1 Å². The van der Waals surface area contributed by atoms with Crippen LogP contribution in [0.3, 0.4) is 0 Å². The minimum atomic E-state index is 0.774. The van der Waals surface area contributed by atoms with Gasteiger partial charge < -0.3 is 0 Å².